The Balaban J connectivity index is 2.18. The SMILES string of the molecule is CN1C(=O)CN([O-])C(c2ccccc2)c2cnn(C)c21. The fourth-order valence-corrected chi connectivity index (χ4v) is 2.64. The molecule has 0 saturated heterocycles. The Morgan fingerprint density at radius 1 is 1.25 bits per heavy atom. The monoisotopic (exact) mass is 271 g/mol. The second-order valence-corrected chi connectivity index (χ2v) is 4.89. The summed E-state index contributed by atoms with van der Waals surface area (Å²) in [6, 6.07) is 8.95. The van der Waals surface area contributed by atoms with Crippen LogP contribution in [-0.4, -0.2) is 34.3 Å². The van der Waals surface area contributed by atoms with Crippen molar-refractivity contribution in [2.75, 3.05) is 18.5 Å². The zero-order valence-electron chi connectivity index (χ0n) is 11.4. The third-order valence-corrected chi connectivity index (χ3v) is 3.62. The molecule has 0 N–H and O–H groups in total. The van der Waals surface area contributed by atoms with E-state index in [9.17, 15) is 10.0 Å². The van der Waals surface area contributed by atoms with Crippen LogP contribution in [0.1, 0.15) is 17.2 Å². The molecule has 0 fully saturated rings. The lowest BCUT2D eigenvalue weighted by molar-refractivity contribution is -0.119. The van der Waals surface area contributed by atoms with E-state index in [0.29, 0.717) is 5.82 Å². The average molecular weight is 271 g/mol. The second-order valence-electron chi connectivity index (χ2n) is 4.89. The summed E-state index contributed by atoms with van der Waals surface area (Å²) < 4.78 is 1.63. The highest BCUT2D eigenvalue weighted by molar-refractivity contribution is 5.95. The van der Waals surface area contributed by atoms with Crippen molar-refractivity contribution in [1.82, 2.24) is 14.8 Å². The van der Waals surface area contributed by atoms with Gasteiger partial charge in [0.05, 0.1) is 18.8 Å². The first-order valence-corrected chi connectivity index (χ1v) is 6.36. The van der Waals surface area contributed by atoms with Gasteiger partial charge in [0.15, 0.2) is 0 Å². The molecule has 2 heterocycles. The average Bonchev–Trinajstić information content (AvgIpc) is 2.76. The smallest absolute Gasteiger partial charge is 0.241 e. The first kappa shape index (κ1) is 12.8. The Morgan fingerprint density at radius 2 is 1.95 bits per heavy atom. The maximum atomic E-state index is 12.4. The molecule has 3 rings (SSSR count). The summed E-state index contributed by atoms with van der Waals surface area (Å²) in [7, 11) is 3.44. The molecule has 1 unspecified atom stereocenters. The van der Waals surface area contributed by atoms with Crippen molar-refractivity contribution in [2.24, 2.45) is 7.05 Å². The highest BCUT2D eigenvalue weighted by Gasteiger charge is 2.30. The van der Waals surface area contributed by atoms with Crippen LogP contribution in [0.15, 0.2) is 36.5 Å². The molecular weight excluding hydrogens is 256 g/mol. The molecular formula is C14H15N4O2-. The van der Waals surface area contributed by atoms with E-state index in [1.165, 1.54) is 4.90 Å². The standard InChI is InChI=1S/C14H15N4O2/c1-16-12(19)9-18(20)13(10-6-4-3-5-7-10)11-8-15-17(2)14(11)16/h3-8,13H,9H2,1-2H3/q-1. The number of hydrogen-bond donors (Lipinski definition) is 0. The molecule has 1 aliphatic heterocycles. The summed E-state index contributed by atoms with van der Waals surface area (Å²) in [6.45, 7) is -0.162. The van der Waals surface area contributed by atoms with Crippen molar-refractivity contribution >= 4 is 11.7 Å². The van der Waals surface area contributed by atoms with Gasteiger partial charge in [0.2, 0.25) is 5.91 Å². The van der Waals surface area contributed by atoms with E-state index in [4.69, 9.17) is 0 Å². The van der Waals surface area contributed by atoms with Crippen molar-refractivity contribution in [1.29, 1.82) is 0 Å². The number of carbonyl (C=O) groups excluding carboxylic acids is 1. The molecule has 0 aliphatic carbocycles. The summed E-state index contributed by atoms with van der Waals surface area (Å²) in [4.78, 5) is 13.6. The predicted octanol–water partition coefficient (Wildman–Crippen LogP) is 1.29. The van der Waals surface area contributed by atoms with Crippen LogP contribution in [-0.2, 0) is 11.8 Å². The molecule has 1 amide bonds. The lowest BCUT2D eigenvalue weighted by atomic mass is 10.0. The van der Waals surface area contributed by atoms with E-state index in [0.717, 1.165) is 16.2 Å². The lowest BCUT2D eigenvalue weighted by Crippen LogP contribution is -2.34. The first-order chi connectivity index (χ1) is 9.59. The number of carbonyl (C=O) groups is 1. The Morgan fingerprint density at radius 3 is 2.65 bits per heavy atom. The number of hydroxylamine groups is 2. The third kappa shape index (κ3) is 1.90. The number of benzene rings is 1. The first-order valence-electron chi connectivity index (χ1n) is 6.36. The van der Waals surface area contributed by atoms with Gasteiger partial charge in [-0.05, 0) is 5.56 Å². The number of likely N-dealkylation sites (N-methyl/N-ethyl adjacent to an activating group) is 1. The largest absolute Gasteiger partial charge is 0.784 e. The molecule has 6 nitrogen and oxygen atoms in total. The summed E-state index contributed by atoms with van der Waals surface area (Å²) in [5, 5.41) is 17.4. The van der Waals surface area contributed by atoms with Crippen LogP contribution in [0.3, 0.4) is 0 Å². The molecule has 2 aromatic rings. The van der Waals surface area contributed by atoms with Gasteiger partial charge in [0.1, 0.15) is 5.82 Å². The summed E-state index contributed by atoms with van der Waals surface area (Å²) in [5.74, 6) is 0.436. The van der Waals surface area contributed by atoms with Crippen molar-refractivity contribution in [3.05, 3.63) is 52.9 Å². The van der Waals surface area contributed by atoms with E-state index >= 15 is 0 Å². The minimum Gasteiger partial charge on any atom is -0.784 e. The van der Waals surface area contributed by atoms with Crippen molar-refractivity contribution in [2.45, 2.75) is 6.04 Å². The van der Waals surface area contributed by atoms with E-state index in [2.05, 4.69) is 5.10 Å². The highest BCUT2D eigenvalue weighted by atomic mass is 16.5. The zero-order valence-corrected chi connectivity index (χ0v) is 11.4. The van der Waals surface area contributed by atoms with E-state index in [1.807, 2.05) is 30.3 Å². The van der Waals surface area contributed by atoms with Crippen LogP contribution in [0.25, 0.3) is 0 Å². The van der Waals surface area contributed by atoms with Gasteiger partial charge in [0.25, 0.3) is 0 Å². The normalized spacial score (nSPS) is 19.9. The maximum Gasteiger partial charge on any atom is 0.241 e. The molecule has 104 valence electrons. The summed E-state index contributed by atoms with van der Waals surface area (Å²) in [5.41, 5.74) is 1.61. The predicted molar refractivity (Wildman–Crippen MR) is 75.0 cm³/mol. The van der Waals surface area contributed by atoms with Crippen LogP contribution in [0.4, 0.5) is 5.82 Å². The number of nitrogens with zero attached hydrogens (tertiary/aromatic N) is 4. The summed E-state index contributed by atoms with van der Waals surface area (Å²) in [6.07, 6.45) is 1.66. The molecule has 1 atom stereocenters. The summed E-state index contributed by atoms with van der Waals surface area (Å²) >= 11 is 0. The van der Waals surface area contributed by atoms with Gasteiger partial charge in [-0.15, -0.1) is 0 Å². The second kappa shape index (κ2) is 4.73. The molecule has 0 spiro atoms. The van der Waals surface area contributed by atoms with Crippen molar-refractivity contribution < 1.29 is 4.79 Å². The third-order valence-electron chi connectivity index (χ3n) is 3.62. The van der Waals surface area contributed by atoms with Crippen LogP contribution >= 0.6 is 0 Å². The lowest BCUT2D eigenvalue weighted by Gasteiger charge is -2.34. The number of rotatable bonds is 1. The number of aromatic nitrogens is 2. The van der Waals surface area contributed by atoms with Gasteiger partial charge in [0, 0.05) is 19.7 Å². The molecule has 0 bridgehead atoms. The molecule has 20 heavy (non-hydrogen) atoms. The minimum atomic E-state index is -0.506. The molecule has 1 aromatic heterocycles. The van der Waals surface area contributed by atoms with Gasteiger partial charge in [-0.3, -0.25) is 14.4 Å². The molecule has 0 radical (unpaired) electrons. The Bertz CT molecular complexity index is 638. The molecule has 1 aliphatic rings. The van der Waals surface area contributed by atoms with Crippen LogP contribution in [0.2, 0.25) is 0 Å². The van der Waals surface area contributed by atoms with Crippen LogP contribution in [0.5, 0.6) is 0 Å². The Kier molecular flexibility index (Phi) is 3.04. The Hall–Kier alpha value is -2.18. The van der Waals surface area contributed by atoms with Crippen molar-refractivity contribution in [3.8, 4) is 0 Å². The van der Waals surface area contributed by atoms with Gasteiger partial charge in [-0.1, -0.05) is 30.3 Å². The number of aryl methyl sites for hydroxylation is 1. The van der Waals surface area contributed by atoms with E-state index < -0.39 is 6.04 Å². The fraction of sp³-hybridized carbons (Fsp3) is 0.286. The number of amides is 1. The fourth-order valence-electron chi connectivity index (χ4n) is 2.64. The number of hydrogen-bond acceptors (Lipinski definition) is 4. The van der Waals surface area contributed by atoms with Crippen LogP contribution in [0, 0.1) is 5.21 Å². The topological polar surface area (TPSA) is 64.4 Å². The molecule has 6 heteroatoms. The molecule has 1 aromatic carbocycles. The minimum absolute atomic E-state index is 0.162. The van der Waals surface area contributed by atoms with E-state index in [-0.39, 0.29) is 12.5 Å². The maximum absolute atomic E-state index is 12.4. The highest BCUT2D eigenvalue weighted by Crippen LogP contribution is 2.36. The quantitative estimate of drug-likeness (QED) is 0.784. The molecule has 0 saturated carbocycles. The van der Waals surface area contributed by atoms with Gasteiger partial charge in [-0.25, -0.2) is 0 Å². The van der Waals surface area contributed by atoms with E-state index in [1.54, 1.807) is 25.0 Å². The van der Waals surface area contributed by atoms with Gasteiger partial charge < -0.3 is 10.3 Å². The Labute approximate surface area is 116 Å². The van der Waals surface area contributed by atoms with Gasteiger partial charge in [-0.2, -0.15) is 5.10 Å². The zero-order chi connectivity index (χ0) is 14.3. The van der Waals surface area contributed by atoms with Crippen molar-refractivity contribution in [3.63, 3.8) is 0 Å². The van der Waals surface area contributed by atoms with Crippen LogP contribution < -0.4 is 4.90 Å². The number of fused-ring (bicyclic) bond motifs is 1. The van der Waals surface area contributed by atoms with Gasteiger partial charge >= 0.3 is 0 Å². The number of anilines is 1.